The zero-order valence-corrected chi connectivity index (χ0v) is 13.9. The van der Waals surface area contributed by atoms with Crippen molar-refractivity contribution >= 4 is 23.1 Å². The molecule has 114 valence electrons. The van der Waals surface area contributed by atoms with Gasteiger partial charge in [0.2, 0.25) is 0 Å². The molecule has 0 radical (unpaired) electrons. The van der Waals surface area contributed by atoms with E-state index < -0.39 is 0 Å². The van der Waals surface area contributed by atoms with Gasteiger partial charge in [0, 0.05) is 24.6 Å². The SMILES string of the molecule is CC(C)(C)c1ccc(C(=O)N(CCC(N)=S)C2CC2)cc1. The van der Waals surface area contributed by atoms with Crippen LogP contribution in [0.2, 0.25) is 0 Å². The fraction of sp³-hybridized carbons (Fsp3) is 0.529. The van der Waals surface area contributed by atoms with Gasteiger partial charge in [-0.2, -0.15) is 0 Å². The molecule has 1 aromatic rings. The van der Waals surface area contributed by atoms with Gasteiger partial charge in [-0.05, 0) is 36.0 Å². The Bertz CT molecular complexity index is 527. The lowest BCUT2D eigenvalue weighted by Gasteiger charge is -2.23. The molecule has 0 heterocycles. The van der Waals surface area contributed by atoms with Gasteiger partial charge in [-0.3, -0.25) is 4.79 Å². The van der Waals surface area contributed by atoms with E-state index in [4.69, 9.17) is 18.0 Å². The van der Waals surface area contributed by atoms with Crippen molar-refractivity contribution in [1.29, 1.82) is 0 Å². The Labute approximate surface area is 132 Å². The van der Waals surface area contributed by atoms with Crippen LogP contribution in [0.15, 0.2) is 24.3 Å². The van der Waals surface area contributed by atoms with Gasteiger partial charge in [0.15, 0.2) is 0 Å². The maximum atomic E-state index is 12.6. The van der Waals surface area contributed by atoms with Crippen molar-refractivity contribution in [2.24, 2.45) is 5.73 Å². The highest BCUT2D eigenvalue weighted by Crippen LogP contribution is 2.29. The van der Waals surface area contributed by atoms with Crippen LogP contribution in [0.25, 0.3) is 0 Å². The summed E-state index contributed by atoms with van der Waals surface area (Å²) in [6.07, 6.45) is 2.77. The maximum Gasteiger partial charge on any atom is 0.254 e. The lowest BCUT2D eigenvalue weighted by atomic mass is 9.86. The summed E-state index contributed by atoms with van der Waals surface area (Å²) in [6, 6.07) is 8.32. The summed E-state index contributed by atoms with van der Waals surface area (Å²) in [5.41, 5.74) is 7.65. The number of carbonyl (C=O) groups excluding carboxylic acids is 1. The molecule has 0 bridgehead atoms. The van der Waals surface area contributed by atoms with Crippen LogP contribution >= 0.6 is 12.2 Å². The Morgan fingerprint density at radius 3 is 2.29 bits per heavy atom. The van der Waals surface area contributed by atoms with Crippen molar-refractivity contribution in [2.45, 2.75) is 51.5 Å². The lowest BCUT2D eigenvalue weighted by Crippen LogP contribution is -2.35. The number of nitrogens with two attached hydrogens (primary N) is 1. The van der Waals surface area contributed by atoms with E-state index >= 15 is 0 Å². The molecule has 1 aromatic carbocycles. The number of hydrogen-bond acceptors (Lipinski definition) is 2. The highest BCUT2D eigenvalue weighted by Gasteiger charge is 2.32. The molecule has 4 heteroatoms. The third-order valence-electron chi connectivity index (χ3n) is 3.85. The number of hydrogen-bond donors (Lipinski definition) is 1. The molecule has 0 unspecified atom stereocenters. The average molecular weight is 304 g/mol. The molecular formula is C17H24N2OS. The van der Waals surface area contributed by atoms with E-state index in [9.17, 15) is 4.79 Å². The van der Waals surface area contributed by atoms with Crippen LogP contribution in [0, 0.1) is 0 Å². The molecule has 1 saturated carbocycles. The second-order valence-electron chi connectivity index (χ2n) is 6.77. The summed E-state index contributed by atoms with van der Waals surface area (Å²) in [7, 11) is 0. The van der Waals surface area contributed by atoms with Crippen LogP contribution in [-0.2, 0) is 5.41 Å². The molecule has 0 aliphatic heterocycles. The van der Waals surface area contributed by atoms with Crippen LogP contribution < -0.4 is 5.73 Å². The molecule has 1 aliphatic rings. The number of benzene rings is 1. The molecule has 2 N–H and O–H groups in total. The number of amides is 1. The standard InChI is InChI=1S/C17H24N2OS/c1-17(2,3)13-6-4-12(5-7-13)16(20)19(14-8-9-14)11-10-15(18)21/h4-7,14H,8-11H2,1-3H3,(H2,18,21). The van der Waals surface area contributed by atoms with Crippen molar-refractivity contribution in [3.8, 4) is 0 Å². The third kappa shape index (κ3) is 4.27. The first kappa shape index (κ1) is 16.0. The number of rotatable bonds is 5. The second kappa shape index (κ2) is 6.14. The van der Waals surface area contributed by atoms with E-state index in [-0.39, 0.29) is 11.3 Å². The minimum Gasteiger partial charge on any atom is -0.393 e. The third-order valence-corrected chi connectivity index (χ3v) is 4.05. The molecule has 21 heavy (non-hydrogen) atoms. The summed E-state index contributed by atoms with van der Waals surface area (Å²) in [4.78, 5) is 15.0. The second-order valence-corrected chi connectivity index (χ2v) is 7.30. The molecule has 3 nitrogen and oxygen atoms in total. The van der Waals surface area contributed by atoms with Gasteiger partial charge in [-0.25, -0.2) is 0 Å². The predicted molar refractivity (Wildman–Crippen MR) is 90.6 cm³/mol. The fourth-order valence-electron chi connectivity index (χ4n) is 2.35. The van der Waals surface area contributed by atoms with Crippen LogP contribution in [0.5, 0.6) is 0 Å². The predicted octanol–water partition coefficient (Wildman–Crippen LogP) is 3.26. The van der Waals surface area contributed by atoms with Crippen LogP contribution in [0.1, 0.15) is 56.0 Å². The average Bonchev–Trinajstić information content (AvgIpc) is 3.22. The summed E-state index contributed by atoms with van der Waals surface area (Å²) < 4.78 is 0. The van der Waals surface area contributed by atoms with E-state index in [2.05, 4.69) is 20.8 Å². The smallest absolute Gasteiger partial charge is 0.254 e. The quantitative estimate of drug-likeness (QED) is 0.849. The topological polar surface area (TPSA) is 46.3 Å². The Hall–Kier alpha value is -1.42. The van der Waals surface area contributed by atoms with Gasteiger partial charge in [0.1, 0.15) is 0 Å². The largest absolute Gasteiger partial charge is 0.393 e. The molecule has 0 aromatic heterocycles. The Morgan fingerprint density at radius 1 is 1.29 bits per heavy atom. The Balaban J connectivity index is 2.11. The normalized spacial score (nSPS) is 14.8. The number of nitrogens with zero attached hydrogens (tertiary/aromatic N) is 1. The summed E-state index contributed by atoms with van der Waals surface area (Å²) in [5, 5.41) is 0. The monoisotopic (exact) mass is 304 g/mol. The molecule has 1 fully saturated rings. The summed E-state index contributed by atoms with van der Waals surface area (Å²) in [6.45, 7) is 7.13. The van der Waals surface area contributed by atoms with Crippen LogP contribution in [0.3, 0.4) is 0 Å². The van der Waals surface area contributed by atoms with Gasteiger partial charge in [-0.1, -0.05) is 45.1 Å². The van der Waals surface area contributed by atoms with Gasteiger partial charge >= 0.3 is 0 Å². The molecule has 0 atom stereocenters. The van der Waals surface area contributed by atoms with E-state index in [0.717, 1.165) is 18.4 Å². The molecule has 2 rings (SSSR count). The highest BCUT2D eigenvalue weighted by atomic mass is 32.1. The molecule has 0 spiro atoms. The molecule has 1 amide bonds. The van der Waals surface area contributed by atoms with Crippen molar-refractivity contribution in [3.63, 3.8) is 0 Å². The van der Waals surface area contributed by atoms with Crippen molar-refractivity contribution in [2.75, 3.05) is 6.54 Å². The molecule has 1 aliphatic carbocycles. The first-order chi connectivity index (χ1) is 9.79. The first-order valence-corrected chi connectivity index (χ1v) is 7.89. The Morgan fingerprint density at radius 2 is 1.86 bits per heavy atom. The first-order valence-electron chi connectivity index (χ1n) is 7.49. The van der Waals surface area contributed by atoms with Crippen molar-refractivity contribution in [3.05, 3.63) is 35.4 Å². The van der Waals surface area contributed by atoms with Crippen molar-refractivity contribution in [1.82, 2.24) is 4.90 Å². The van der Waals surface area contributed by atoms with E-state index in [1.807, 2.05) is 29.2 Å². The number of carbonyl (C=O) groups is 1. The van der Waals surface area contributed by atoms with Crippen LogP contribution in [-0.4, -0.2) is 28.4 Å². The van der Waals surface area contributed by atoms with Crippen molar-refractivity contribution < 1.29 is 4.79 Å². The maximum absolute atomic E-state index is 12.6. The highest BCUT2D eigenvalue weighted by molar-refractivity contribution is 7.80. The molecule has 0 saturated heterocycles. The zero-order valence-electron chi connectivity index (χ0n) is 13.1. The fourth-order valence-corrected chi connectivity index (χ4v) is 2.44. The van der Waals surface area contributed by atoms with E-state index in [1.54, 1.807) is 0 Å². The van der Waals surface area contributed by atoms with Gasteiger partial charge in [0.25, 0.3) is 5.91 Å². The minimum absolute atomic E-state index is 0.0919. The van der Waals surface area contributed by atoms with Gasteiger partial charge in [-0.15, -0.1) is 0 Å². The summed E-state index contributed by atoms with van der Waals surface area (Å²) in [5.74, 6) is 0.0919. The zero-order chi connectivity index (χ0) is 15.6. The summed E-state index contributed by atoms with van der Waals surface area (Å²) >= 11 is 4.92. The number of thiocarbonyl (C=S) groups is 1. The minimum atomic E-state index is 0.0919. The van der Waals surface area contributed by atoms with Gasteiger partial charge < -0.3 is 10.6 Å². The lowest BCUT2D eigenvalue weighted by molar-refractivity contribution is 0.0748. The molecular weight excluding hydrogens is 280 g/mol. The van der Waals surface area contributed by atoms with Crippen LogP contribution in [0.4, 0.5) is 0 Å². The Kier molecular flexibility index (Phi) is 4.67. The van der Waals surface area contributed by atoms with E-state index in [1.165, 1.54) is 5.56 Å². The van der Waals surface area contributed by atoms with E-state index in [0.29, 0.717) is 24.0 Å². The van der Waals surface area contributed by atoms with Gasteiger partial charge in [0.05, 0.1) is 4.99 Å².